The Kier molecular flexibility index (Phi) is 6.48. The van der Waals surface area contributed by atoms with Gasteiger partial charge in [0.25, 0.3) is 5.91 Å². The molecule has 1 aliphatic heterocycles. The summed E-state index contributed by atoms with van der Waals surface area (Å²) in [5, 5.41) is 13.4. The van der Waals surface area contributed by atoms with E-state index in [0.29, 0.717) is 35.9 Å². The summed E-state index contributed by atoms with van der Waals surface area (Å²) in [5.74, 6) is -0.0690. The summed E-state index contributed by atoms with van der Waals surface area (Å²) in [6.07, 6.45) is 1.39. The average Bonchev–Trinajstić information content (AvgIpc) is 3.52. The second-order valence-corrected chi connectivity index (χ2v) is 7.90. The molecular weight excluding hydrogens is 422 g/mol. The maximum Gasteiger partial charge on any atom is 0.251 e. The molecule has 3 amide bonds. The molecule has 0 bridgehead atoms. The first-order valence-electron chi connectivity index (χ1n) is 10.8. The highest BCUT2D eigenvalue weighted by molar-refractivity contribution is 5.97. The van der Waals surface area contributed by atoms with E-state index < -0.39 is 6.04 Å². The van der Waals surface area contributed by atoms with Crippen molar-refractivity contribution >= 4 is 17.7 Å². The molecule has 1 aliphatic rings. The summed E-state index contributed by atoms with van der Waals surface area (Å²) in [7, 11) is 1.55. The number of rotatable bonds is 6. The van der Waals surface area contributed by atoms with E-state index in [1.54, 1.807) is 31.3 Å². The molecule has 0 spiro atoms. The molecule has 0 aliphatic carbocycles. The Balaban J connectivity index is 1.37. The minimum Gasteiger partial charge on any atom is -0.416 e. The van der Waals surface area contributed by atoms with Crippen LogP contribution in [-0.2, 0) is 9.59 Å². The molecule has 2 heterocycles. The van der Waals surface area contributed by atoms with Gasteiger partial charge in [-0.2, -0.15) is 0 Å². The van der Waals surface area contributed by atoms with E-state index in [2.05, 4.69) is 20.8 Å². The topological polar surface area (TPSA) is 117 Å². The van der Waals surface area contributed by atoms with Crippen molar-refractivity contribution in [2.45, 2.75) is 25.8 Å². The van der Waals surface area contributed by atoms with Crippen molar-refractivity contribution in [3.8, 4) is 22.9 Å². The van der Waals surface area contributed by atoms with Gasteiger partial charge in [-0.1, -0.05) is 17.7 Å². The van der Waals surface area contributed by atoms with Crippen LogP contribution in [0, 0.1) is 6.92 Å². The Bertz CT molecular complexity index is 1170. The van der Waals surface area contributed by atoms with Crippen LogP contribution < -0.4 is 10.6 Å². The van der Waals surface area contributed by atoms with E-state index in [0.717, 1.165) is 17.5 Å². The van der Waals surface area contributed by atoms with Gasteiger partial charge in [0.15, 0.2) is 0 Å². The monoisotopic (exact) mass is 447 g/mol. The number of benzene rings is 2. The summed E-state index contributed by atoms with van der Waals surface area (Å²) < 4.78 is 5.78. The molecular formula is C24H25N5O4. The predicted octanol–water partition coefficient (Wildman–Crippen LogP) is 2.18. The fourth-order valence-corrected chi connectivity index (χ4v) is 3.86. The highest BCUT2D eigenvalue weighted by Gasteiger charge is 2.33. The lowest BCUT2D eigenvalue weighted by Crippen LogP contribution is -2.48. The molecule has 1 atom stereocenters. The molecule has 9 nitrogen and oxygen atoms in total. The van der Waals surface area contributed by atoms with Crippen molar-refractivity contribution in [3.05, 3.63) is 59.7 Å². The number of aryl methyl sites for hydroxylation is 1. The standard InChI is InChI=1S/C24H25N5O4/c1-15-5-3-6-18(13-15)24-28-27-23(33-24)17-10-8-16(9-11-17)21(31)26-14-20(30)29-12-4-7-19(29)22(32)25-2/h3,5-6,8-11,13,19H,4,7,12,14H2,1-2H3,(H,25,32)(H,26,31). The van der Waals surface area contributed by atoms with E-state index in [1.807, 2.05) is 31.2 Å². The van der Waals surface area contributed by atoms with Crippen LogP contribution in [-0.4, -0.2) is 59.0 Å². The van der Waals surface area contributed by atoms with Crippen LogP contribution in [0.2, 0.25) is 0 Å². The fourth-order valence-electron chi connectivity index (χ4n) is 3.86. The van der Waals surface area contributed by atoms with Crippen molar-refractivity contribution in [2.24, 2.45) is 0 Å². The number of hydrogen-bond acceptors (Lipinski definition) is 6. The van der Waals surface area contributed by atoms with Gasteiger partial charge in [-0.05, 0) is 56.2 Å². The van der Waals surface area contributed by atoms with Gasteiger partial charge in [0, 0.05) is 30.3 Å². The average molecular weight is 447 g/mol. The van der Waals surface area contributed by atoms with Crippen LogP contribution in [0.3, 0.4) is 0 Å². The molecule has 2 aromatic carbocycles. The lowest BCUT2D eigenvalue weighted by atomic mass is 10.1. The first kappa shape index (κ1) is 22.2. The molecule has 0 saturated carbocycles. The maximum atomic E-state index is 12.5. The third-order valence-corrected chi connectivity index (χ3v) is 5.61. The minimum atomic E-state index is -0.474. The number of amides is 3. The number of nitrogens with one attached hydrogen (secondary N) is 2. The molecule has 1 fully saturated rings. The van der Waals surface area contributed by atoms with E-state index in [1.165, 1.54) is 4.90 Å². The van der Waals surface area contributed by atoms with Gasteiger partial charge < -0.3 is 20.0 Å². The second-order valence-electron chi connectivity index (χ2n) is 7.90. The summed E-state index contributed by atoms with van der Waals surface area (Å²) in [4.78, 5) is 38.4. The number of aromatic nitrogens is 2. The van der Waals surface area contributed by atoms with Crippen LogP contribution in [0.5, 0.6) is 0 Å². The SMILES string of the molecule is CNC(=O)C1CCCN1C(=O)CNC(=O)c1ccc(-c2nnc(-c3cccc(C)c3)o2)cc1. The Hall–Kier alpha value is -4.01. The number of carbonyl (C=O) groups is 3. The van der Waals surface area contributed by atoms with Crippen LogP contribution >= 0.6 is 0 Å². The van der Waals surface area contributed by atoms with E-state index >= 15 is 0 Å². The Labute approximate surface area is 191 Å². The van der Waals surface area contributed by atoms with E-state index in [4.69, 9.17) is 4.42 Å². The zero-order valence-electron chi connectivity index (χ0n) is 18.5. The van der Waals surface area contributed by atoms with E-state index in [-0.39, 0.29) is 24.3 Å². The number of nitrogens with zero attached hydrogens (tertiary/aromatic N) is 3. The molecule has 1 unspecified atom stereocenters. The van der Waals surface area contributed by atoms with Crippen molar-refractivity contribution in [1.82, 2.24) is 25.7 Å². The largest absolute Gasteiger partial charge is 0.416 e. The quantitative estimate of drug-likeness (QED) is 0.598. The fraction of sp³-hybridized carbons (Fsp3) is 0.292. The highest BCUT2D eigenvalue weighted by atomic mass is 16.4. The first-order valence-corrected chi connectivity index (χ1v) is 10.8. The summed E-state index contributed by atoms with van der Waals surface area (Å²) in [6.45, 7) is 2.33. The Morgan fingerprint density at radius 2 is 1.79 bits per heavy atom. The van der Waals surface area contributed by atoms with Gasteiger partial charge in [0.2, 0.25) is 23.6 Å². The zero-order chi connectivity index (χ0) is 23.4. The van der Waals surface area contributed by atoms with Gasteiger partial charge in [-0.3, -0.25) is 14.4 Å². The summed E-state index contributed by atoms with van der Waals surface area (Å²) in [5.41, 5.74) is 3.01. The smallest absolute Gasteiger partial charge is 0.251 e. The molecule has 3 aromatic rings. The van der Waals surface area contributed by atoms with Crippen LogP contribution in [0.4, 0.5) is 0 Å². The molecule has 1 aromatic heterocycles. The lowest BCUT2D eigenvalue weighted by molar-refractivity contribution is -0.137. The molecule has 0 radical (unpaired) electrons. The van der Waals surface area contributed by atoms with E-state index in [9.17, 15) is 14.4 Å². The van der Waals surface area contributed by atoms with Gasteiger partial charge in [0.1, 0.15) is 6.04 Å². The molecule has 33 heavy (non-hydrogen) atoms. The molecule has 9 heteroatoms. The number of likely N-dealkylation sites (N-methyl/N-ethyl adjacent to an activating group) is 1. The van der Waals surface area contributed by atoms with Crippen LogP contribution in [0.1, 0.15) is 28.8 Å². The normalized spacial score (nSPS) is 15.3. The second kappa shape index (κ2) is 9.64. The molecule has 4 rings (SSSR count). The third kappa shape index (κ3) is 4.92. The molecule has 170 valence electrons. The first-order chi connectivity index (χ1) is 16.0. The Morgan fingerprint density at radius 1 is 1.06 bits per heavy atom. The van der Waals surface area contributed by atoms with Gasteiger partial charge >= 0.3 is 0 Å². The van der Waals surface area contributed by atoms with Crippen LogP contribution in [0.25, 0.3) is 22.9 Å². The lowest BCUT2D eigenvalue weighted by Gasteiger charge is -2.23. The third-order valence-electron chi connectivity index (χ3n) is 5.61. The van der Waals surface area contributed by atoms with Crippen molar-refractivity contribution in [1.29, 1.82) is 0 Å². The van der Waals surface area contributed by atoms with Crippen molar-refractivity contribution < 1.29 is 18.8 Å². The molecule has 1 saturated heterocycles. The zero-order valence-corrected chi connectivity index (χ0v) is 18.5. The highest BCUT2D eigenvalue weighted by Crippen LogP contribution is 2.24. The van der Waals surface area contributed by atoms with Gasteiger partial charge in [-0.25, -0.2) is 0 Å². The maximum absolute atomic E-state index is 12.5. The minimum absolute atomic E-state index is 0.169. The number of carbonyl (C=O) groups excluding carboxylic acids is 3. The summed E-state index contributed by atoms with van der Waals surface area (Å²) >= 11 is 0. The molecule has 2 N–H and O–H groups in total. The summed E-state index contributed by atoms with van der Waals surface area (Å²) in [6, 6.07) is 14.0. The van der Waals surface area contributed by atoms with Crippen molar-refractivity contribution in [3.63, 3.8) is 0 Å². The van der Waals surface area contributed by atoms with Gasteiger partial charge in [-0.15, -0.1) is 10.2 Å². The predicted molar refractivity (Wildman–Crippen MR) is 121 cm³/mol. The number of hydrogen-bond donors (Lipinski definition) is 2. The van der Waals surface area contributed by atoms with Gasteiger partial charge in [0.05, 0.1) is 6.54 Å². The number of likely N-dealkylation sites (tertiary alicyclic amines) is 1. The van der Waals surface area contributed by atoms with Crippen LogP contribution in [0.15, 0.2) is 52.9 Å². The Morgan fingerprint density at radius 3 is 2.48 bits per heavy atom. The van der Waals surface area contributed by atoms with Crippen molar-refractivity contribution in [2.75, 3.05) is 20.1 Å².